The number of sulfonamides is 1. The maximum atomic E-state index is 11.8. The number of hydrogen-bond donors (Lipinski definition) is 1. The van der Waals surface area contributed by atoms with E-state index >= 15 is 0 Å². The van der Waals surface area contributed by atoms with E-state index in [0.717, 1.165) is 11.3 Å². The Bertz CT molecular complexity index is 820. The van der Waals surface area contributed by atoms with Crippen LogP contribution >= 0.6 is 11.3 Å². The first kappa shape index (κ1) is 16.3. The second kappa shape index (κ2) is 6.38. The van der Waals surface area contributed by atoms with E-state index in [-0.39, 0.29) is 17.3 Å². The van der Waals surface area contributed by atoms with Crippen LogP contribution in [0.3, 0.4) is 0 Å². The maximum Gasteiger partial charge on any atom is 0.359 e. The summed E-state index contributed by atoms with van der Waals surface area (Å²) in [5.74, 6) is -0.521. The lowest BCUT2D eigenvalue weighted by Gasteiger charge is -1.98. The fourth-order valence-electron chi connectivity index (χ4n) is 1.63. The second-order valence-electron chi connectivity index (χ2n) is 4.23. The van der Waals surface area contributed by atoms with Crippen LogP contribution in [0.2, 0.25) is 0 Å². The first-order chi connectivity index (χ1) is 10.3. The molecule has 2 aromatic rings. The summed E-state index contributed by atoms with van der Waals surface area (Å²) in [5, 5.41) is 10.7. The number of rotatable bonds is 5. The van der Waals surface area contributed by atoms with Gasteiger partial charge in [0, 0.05) is 24.2 Å². The molecular weight excluding hydrogens is 328 g/mol. The third-order valence-corrected chi connectivity index (χ3v) is 4.28. The summed E-state index contributed by atoms with van der Waals surface area (Å²) in [6.07, 6.45) is 4.85. The Morgan fingerprint density at radius 1 is 1.50 bits per heavy atom. The summed E-state index contributed by atoms with van der Waals surface area (Å²) in [6.45, 7) is 1.96. The summed E-state index contributed by atoms with van der Waals surface area (Å²) in [4.78, 5) is 15.7. The number of nitrogens with zero attached hydrogens (tertiary/aromatic N) is 3. The first-order valence-electron chi connectivity index (χ1n) is 6.18. The van der Waals surface area contributed by atoms with Crippen LogP contribution in [0.4, 0.5) is 0 Å². The molecule has 10 heteroatoms. The van der Waals surface area contributed by atoms with Gasteiger partial charge in [0.05, 0.1) is 6.61 Å². The summed E-state index contributed by atoms with van der Waals surface area (Å²) in [5.41, 5.74) is 0.733. The summed E-state index contributed by atoms with van der Waals surface area (Å²) in [6, 6.07) is 0. The molecule has 0 saturated carbocycles. The number of esters is 1. The fourth-order valence-corrected chi connectivity index (χ4v) is 3.16. The lowest BCUT2D eigenvalue weighted by atomic mass is 10.2. The lowest BCUT2D eigenvalue weighted by Crippen LogP contribution is -2.12. The molecular formula is C12H14N4O4S2. The number of aryl methyl sites for hydroxylation is 1. The van der Waals surface area contributed by atoms with Gasteiger partial charge >= 0.3 is 5.97 Å². The van der Waals surface area contributed by atoms with Crippen molar-refractivity contribution in [1.29, 1.82) is 0 Å². The van der Waals surface area contributed by atoms with Crippen molar-refractivity contribution in [2.24, 2.45) is 12.2 Å². The van der Waals surface area contributed by atoms with Gasteiger partial charge in [-0.3, -0.25) is 4.68 Å². The number of primary sulfonamides is 1. The monoisotopic (exact) mass is 342 g/mol. The standard InChI is InChI=1S/C12H14N4O4S2/c1-3-20-12(17)11-8(6-16(2)15-11)4-5-9-14-10(7-21-9)22(13,18)19/h4-7H,3H2,1-2H3,(H2,13,18,19)/b5-4+. The quantitative estimate of drug-likeness (QED) is 0.806. The van der Waals surface area contributed by atoms with Gasteiger partial charge in [0.2, 0.25) is 0 Å². The maximum absolute atomic E-state index is 11.8. The van der Waals surface area contributed by atoms with Crippen LogP contribution in [-0.2, 0) is 21.8 Å². The highest BCUT2D eigenvalue weighted by atomic mass is 32.2. The highest BCUT2D eigenvalue weighted by Crippen LogP contribution is 2.17. The van der Waals surface area contributed by atoms with Crippen LogP contribution in [0.1, 0.15) is 28.0 Å². The first-order valence-corrected chi connectivity index (χ1v) is 8.61. The number of carbonyl (C=O) groups excluding carboxylic acids is 1. The van der Waals surface area contributed by atoms with E-state index in [1.54, 1.807) is 32.3 Å². The molecule has 2 N–H and O–H groups in total. The van der Waals surface area contributed by atoms with Gasteiger partial charge in [0.15, 0.2) is 10.7 Å². The highest BCUT2D eigenvalue weighted by molar-refractivity contribution is 7.89. The summed E-state index contributed by atoms with van der Waals surface area (Å²) >= 11 is 1.13. The summed E-state index contributed by atoms with van der Waals surface area (Å²) in [7, 11) is -2.13. The average Bonchev–Trinajstić information content (AvgIpc) is 3.02. The van der Waals surface area contributed by atoms with Crippen molar-refractivity contribution in [1.82, 2.24) is 14.8 Å². The molecule has 22 heavy (non-hydrogen) atoms. The van der Waals surface area contributed by atoms with Gasteiger partial charge in [-0.15, -0.1) is 11.3 Å². The zero-order chi connectivity index (χ0) is 16.3. The van der Waals surface area contributed by atoms with Crippen LogP contribution in [0, 0.1) is 0 Å². The van der Waals surface area contributed by atoms with Crippen molar-refractivity contribution in [3.63, 3.8) is 0 Å². The third-order valence-electron chi connectivity index (χ3n) is 2.52. The Labute approximate surface area is 131 Å². The Kier molecular flexibility index (Phi) is 4.74. The minimum atomic E-state index is -3.81. The number of hydrogen-bond acceptors (Lipinski definition) is 7. The van der Waals surface area contributed by atoms with Crippen molar-refractivity contribution in [2.75, 3.05) is 6.61 Å². The second-order valence-corrected chi connectivity index (χ2v) is 6.63. The van der Waals surface area contributed by atoms with Crippen molar-refractivity contribution >= 4 is 39.5 Å². The zero-order valence-corrected chi connectivity index (χ0v) is 13.5. The van der Waals surface area contributed by atoms with Crippen LogP contribution in [0.15, 0.2) is 16.6 Å². The number of nitrogens with two attached hydrogens (primary N) is 1. The lowest BCUT2D eigenvalue weighted by molar-refractivity contribution is 0.0518. The van der Waals surface area contributed by atoms with Crippen LogP contribution < -0.4 is 5.14 Å². The van der Waals surface area contributed by atoms with Crippen LogP contribution in [0.5, 0.6) is 0 Å². The topological polar surface area (TPSA) is 117 Å². The van der Waals surface area contributed by atoms with Gasteiger partial charge in [-0.05, 0) is 19.1 Å². The van der Waals surface area contributed by atoms with Crippen LogP contribution in [-0.4, -0.2) is 35.8 Å². The normalized spacial score (nSPS) is 12.0. The van der Waals surface area contributed by atoms with Crippen molar-refractivity contribution in [3.8, 4) is 0 Å². The molecule has 118 valence electrons. The molecule has 0 unspecified atom stereocenters. The molecule has 0 aliphatic heterocycles. The molecule has 0 fully saturated rings. The molecule has 0 aliphatic carbocycles. The van der Waals surface area contributed by atoms with E-state index in [0.29, 0.717) is 10.6 Å². The van der Waals surface area contributed by atoms with Crippen molar-refractivity contribution in [3.05, 3.63) is 27.8 Å². The van der Waals surface area contributed by atoms with Gasteiger partial charge in [-0.2, -0.15) is 5.10 Å². The Morgan fingerprint density at radius 3 is 2.82 bits per heavy atom. The average molecular weight is 342 g/mol. The third kappa shape index (κ3) is 3.78. The molecule has 2 rings (SSSR count). The highest BCUT2D eigenvalue weighted by Gasteiger charge is 2.16. The molecule has 0 aromatic carbocycles. The molecule has 0 aliphatic rings. The Balaban J connectivity index is 2.27. The molecule has 0 saturated heterocycles. The molecule has 0 atom stereocenters. The minimum Gasteiger partial charge on any atom is -0.461 e. The molecule has 2 heterocycles. The van der Waals surface area contributed by atoms with Crippen LogP contribution in [0.25, 0.3) is 12.2 Å². The number of thiazole rings is 1. The fraction of sp³-hybridized carbons (Fsp3) is 0.250. The molecule has 0 amide bonds. The molecule has 0 bridgehead atoms. The number of ether oxygens (including phenoxy) is 1. The minimum absolute atomic E-state index is 0.184. The van der Waals surface area contributed by atoms with Gasteiger partial charge in [0.1, 0.15) is 5.01 Å². The van der Waals surface area contributed by atoms with Gasteiger partial charge in [0.25, 0.3) is 10.0 Å². The van der Waals surface area contributed by atoms with Crippen molar-refractivity contribution in [2.45, 2.75) is 11.9 Å². The predicted octanol–water partition coefficient (Wildman–Crippen LogP) is 0.871. The molecule has 0 radical (unpaired) electrons. The van der Waals surface area contributed by atoms with E-state index in [2.05, 4.69) is 10.1 Å². The van der Waals surface area contributed by atoms with Gasteiger partial charge < -0.3 is 4.74 Å². The summed E-state index contributed by atoms with van der Waals surface area (Å²) < 4.78 is 28.7. The Morgan fingerprint density at radius 2 is 2.23 bits per heavy atom. The van der Waals surface area contributed by atoms with E-state index in [4.69, 9.17) is 9.88 Å². The van der Waals surface area contributed by atoms with Crippen molar-refractivity contribution < 1.29 is 17.9 Å². The van der Waals surface area contributed by atoms with Gasteiger partial charge in [-0.25, -0.2) is 23.3 Å². The van der Waals surface area contributed by atoms with E-state index in [9.17, 15) is 13.2 Å². The number of carbonyl (C=O) groups is 1. The largest absolute Gasteiger partial charge is 0.461 e. The predicted molar refractivity (Wildman–Crippen MR) is 81.6 cm³/mol. The zero-order valence-electron chi connectivity index (χ0n) is 11.9. The molecule has 8 nitrogen and oxygen atoms in total. The SMILES string of the molecule is CCOC(=O)c1nn(C)cc1/C=C/c1nc(S(N)(=O)=O)cs1. The van der Waals surface area contributed by atoms with E-state index < -0.39 is 16.0 Å². The Hall–Kier alpha value is -2.04. The molecule has 0 spiro atoms. The smallest absolute Gasteiger partial charge is 0.359 e. The number of aromatic nitrogens is 3. The van der Waals surface area contributed by atoms with E-state index in [1.165, 1.54) is 10.1 Å². The van der Waals surface area contributed by atoms with E-state index in [1.807, 2.05) is 0 Å². The molecule has 2 aromatic heterocycles. The van der Waals surface area contributed by atoms with Gasteiger partial charge in [-0.1, -0.05) is 0 Å².